The second-order valence-electron chi connectivity index (χ2n) is 7.86. The van der Waals surface area contributed by atoms with Crippen LogP contribution in [-0.4, -0.2) is 55.5 Å². The normalized spacial score (nSPS) is 28.0. The quantitative estimate of drug-likeness (QED) is 0.745. The number of carbonyl (C=O) groups excluding carboxylic acids is 1. The lowest BCUT2D eigenvalue weighted by atomic mass is 9.95. The van der Waals surface area contributed by atoms with E-state index in [1.807, 2.05) is 23.1 Å². The van der Waals surface area contributed by atoms with Crippen LogP contribution in [0.2, 0.25) is 0 Å². The minimum Gasteiger partial charge on any atom is -0.391 e. The van der Waals surface area contributed by atoms with Crippen molar-refractivity contribution in [3.8, 4) is 0 Å². The third-order valence-electron chi connectivity index (χ3n) is 6.29. The first-order chi connectivity index (χ1) is 14.1. The maximum Gasteiger partial charge on any atom is 0.222 e. The van der Waals surface area contributed by atoms with Gasteiger partial charge < -0.3 is 20.1 Å². The highest BCUT2D eigenvalue weighted by Gasteiger charge is 2.71. The molecule has 4 atom stereocenters. The highest BCUT2D eigenvalue weighted by atomic mass is 19.1. The Bertz CT molecular complexity index is 865. The number of anilines is 1. The van der Waals surface area contributed by atoms with Crippen molar-refractivity contribution in [1.82, 2.24) is 10.3 Å². The second-order valence-corrected chi connectivity index (χ2v) is 7.86. The van der Waals surface area contributed by atoms with E-state index < -0.39 is 17.3 Å². The third kappa shape index (κ3) is 3.60. The fraction of sp³-hybridized carbons (Fsp3) is 0.455. The fourth-order valence-electron chi connectivity index (χ4n) is 4.88. The molecular formula is C22H26FN3O3. The van der Waals surface area contributed by atoms with Gasteiger partial charge in [-0.1, -0.05) is 30.3 Å². The van der Waals surface area contributed by atoms with Gasteiger partial charge in [-0.25, -0.2) is 9.37 Å². The van der Waals surface area contributed by atoms with Crippen LogP contribution in [0.4, 0.5) is 10.2 Å². The molecule has 1 aromatic carbocycles. The second kappa shape index (κ2) is 8.08. The van der Waals surface area contributed by atoms with Gasteiger partial charge in [0.2, 0.25) is 5.91 Å². The summed E-state index contributed by atoms with van der Waals surface area (Å²) in [6, 6.07) is 13.0. The van der Waals surface area contributed by atoms with Gasteiger partial charge in [0.05, 0.1) is 12.7 Å². The molecule has 2 aliphatic rings. The molecule has 1 saturated heterocycles. The molecule has 1 aliphatic carbocycles. The van der Waals surface area contributed by atoms with Crippen molar-refractivity contribution >= 4 is 11.7 Å². The van der Waals surface area contributed by atoms with Crippen molar-refractivity contribution in [2.45, 2.75) is 18.4 Å². The summed E-state index contributed by atoms with van der Waals surface area (Å²) in [6.07, 6.45) is 1.24. The van der Waals surface area contributed by atoms with Crippen LogP contribution in [-0.2, 0) is 9.53 Å². The molecule has 2 heterocycles. The predicted molar refractivity (Wildman–Crippen MR) is 107 cm³/mol. The minimum atomic E-state index is -0.630. The van der Waals surface area contributed by atoms with Gasteiger partial charge >= 0.3 is 0 Å². The standard InChI is InChI=1S/C22H26FN3O3/c1-29-11-9-19(28)25-12-16-20(15-6-3-2-4-7-15)22(16)14-26(13-18(22)27)21-17(23)8-5-10-24-21/h2-8,10,16,18,20,27H,9,11-14H2,1H3,(H,25,28)/t16-,18+,20-,22-/m1/s1. The number of hydrogen-bond donors (Lipinski definition) is 2. The number of aliphatic hydroxyl groups excluding tert-OH is 1. The van der Waals surface area contributed by atoms with Gasteiger partial charge in [0.15, 0.2) is 11.6 Å². The van der Waals surface area contributed by atoms with Crippen LogP contribution in [0.3, 0.4) is 0 Å². The van der Waals surface area contributed by atoms with Crippen molar-refractivity contribution in [2.75, 3.05) is 38.3 Å². The van der Waals surface area contributed by atoms with Gasteiger partial charge in [-0.05, 0) is 29.5 Å². The number of β-amino-alcohol motifs (C(OH)–C–C–N with tert-alkyl or cyclic N) is 1. The van der Waals surface area contributed by atoms with Gasteiger partial charge in [-0.3, -0.25) is 4.79 Å². The van der Waals surface area contributed by atoms with Gasteiger partial charge in [0.1, 0.15) is 0 Å². The summed E-state index contributed by atoms with van der Waals surface area (Å²) in [5.41, 5.74) is 0.700. The number of carbonyl (C=O) groups is 1. The molecule has 2 N–H and O–H groups in total. The van der Waals surface area contributed by atoms with E-state index in [0.717, 1.165) is 5.56 Å². The summed E-state index contributed by atoms with van der Waals surface area (Å²) in [7, 11) is 1.56. The Kier molecular flexibility index (Phi) is 5.52. The monoisotopic (exact) mass is 399 g/mol. The Morgan fingerprint density at radius 1 is 1.34 bits per heavy atom. The summed E-state index contributed by atoms with van der Waals surface area (Å²) < 4.78 is 19.2. The number of benzene rings is 1. The SMILES string of the molecule is COCCC(=O)NC[C@@H]1[C@@H](c2ccccc2)[C@]12CN(c1ncccc1F)C[C@@H]2O. The van der Waals surface area contributed by atoms with E-state index in [0.29, 0.717) is 32.7 Å². The lowest BCUT2D eigenvalue weighted by Gasteiger charge is -2.18. The average Bonchev–Trinajstić information content (AvgIpc) is 3.26. The van der Waals surface area contributed by atoms with Crippen molar-refractivity contribution in [3.05, 3.63) is 60.0 Å². The molecule has 6 nitrogen and oxygen atoms in total. The lowest BCUT2D eigenvalue weighted by Crippen LogP contribution is -2.30. The van der Waals surface area contributed by atoms with E-state index >= 15 is 0 Å². The molecule has 1 spiro atoms. The average molecular weight is 399 g/mol. The number of halogens is 1. The van der Waals surface area contributed by atoms with E-state index in [-0.39, 0.29) is 23.6 Å². The molecule has 0 radical (unpaired) electrons. The number of aliphatic hydroxyl groups is 1. The smallest absolute Gasteiger partial charge is 0.222 e. The molecule has 1 aliphatic heterocycles. The van der Waals surface area contributed by atoms with Gasteiger partial charge in [-0.15, -0.1) is 0 Å². The Morgan fingerprint density at radius 3 is 2.86 bits per heavy atom. The zero-order valence-electron chi connectivity index (χ0n) is 16.4. The molecule has 1 saturated carbocycles. The zero-order chi connectivity index (χ0) is 20.4. The number of nitrogens with one attached hydrogen (secondary N) is 1. The molecule has 1 amide bonds. The molecule has 29 heavy (non-hydrogen) atoms. The number of methoxy groups -OCH3 is 1. The highest BCUT2D eigenvalue weighted by molar-refractivity contribution is 5.76. The number of aromatic nitrogens is 1. The highest BCUT2D eigenvalue weighted by Crippen LogP contribution is 2.68. The molecule has 7 heteroatoms. The first-order valence-electron chi connectivity index (χ1n) is 9.92. The van der Waals surface area contributed by atoms with E-state index in [9.17, 15) is 14.3 Å². The molecule has 2 fully saturated rings. The number of rotatable bonds is 7. The van der Waals surface area contributed by atoms with E-state index in [4.69, 9.17) is 4.74 Å². The molecule has 0 bridgehead atoms. The summed E-state index contributed by atoms with van der Waals surface area (Å²) in [6.45, 7) is 1.67. The van der Waals surface area contributed by atoms with Crippen LogP contribution in [0.1, 0.15) is 17.9 Å². The molecule has 154 valence electrons. The van der Waals surface area contributed by atoms with Crippen LogP contribution in [0.5, 0.6) is 0 Å². The van der Waals surface area contributed by atoms with E-state index in [2.05, 4.69) is 22.4 Å². The number of amides is 1. The van der Waals surface area contributed by atoms with Crippen molar-refractivity contribution < 1.29 is 19.0 Å². The summed E-state index contributed by atoms with van der Waals surface area (Å²) in [5, 5.41) is 14.0. The topological polar surface area (TPSA) is 74.7 Å². The largest absolute Gasteiger partial charge is 0.391 e. The first-order valence-corrected chi connectivity index (χ1v) is 9.92. The van der Waals surface area contributed by atoms with Gasteiger partial charge in [0.25, 0.3) is 0 Å². The van der Waals surface area contributed by atoms with Gasteiger partial charge in [-0.2, -0.15) is 0 Å². The van der Waals surface area contributed by atoms with Crippen molar-refractivity contribution in [1.29, 1.82) is 0 Å². The molecule has 4 rings (SSSR count). The van der Waals surface area contributed by atoms with Crippen LogP contribution in [0.15, 0.2) is 48.7 Å². The summed E-state index contributed by atoms with van der Waals surface area (Å²) >= 11 is 0. The van der Waals surface area contributed by atoms with E-state index in [1.54, 1.807) is 19.4 Å². The number of pyridine rings is 1. The lowest BCUT2D eigenvalue weighted by molar-refractivity contribution is -0.122. The molecular weight excluding hydrogens is 373 g/mol. The van der Waals surface area contributed by atoms with Crippen molar-refractivity contribution in [3.63, 3.8) is 0 Å². The minimum absolute atomic E-state index is 0.0687. The van der Waals surface area contributed by atoms with Crippen LogP contribution in [0, 0.1) is 17.2 Å². The first kappa shape index (κ1) is 19.8. The molecule has 0 unspecified atom stereocenters. The Balaban J connectivity index is 1.55. The maximum atomic E-state index is 14.3. The summed E-state index contributed by atoms with van der Waals surface area (Å²) in [5.74, 6) is -0.0229. The zero-order valence-corrected chi connectivity index (χ0v) is 16.4. The van der Waals surface area contributed by atoms with Crippen LogP contribution >= 0.6 is 0 Å². The summed E-state index contributed by atoms with van der Waals surface area (Å²) in [4.78, 5) is 18.1. The van der Waals surface area contributed by atoms with Gasteiger partial charge in [0, 0.05) is 44.8 Å². The van der Waals surface area contributed by atoms with Crippen LogP contribution < -0.4 is 10.2 Å². The molecule has 2 aromatic rings. The Labute approximate surface area is 169 Å². The third-order valence-corrected chi connectivity index (χ3v) is 6.29. The molecule has 1 aromatic heterocycles. The maximum absolute atomic E-state index is 14.3. The Morgan fingerprint density at radius 2 is 2.14 bits per heavy atom. The van der Waals surface area contributed by atoms with Crippen molar-refractivity contribution in [2.24, 2.45) is 11.3 Å². The Hall–Kier alpha value is -2.51. The number of ether oxygens (including phenoxy) is 1. The van der Waals surface area contributed by atoms with Crippen LogP contribution in [0.25, 0.3) is 0 Å². The number of hydrogen-bond acceptors (Lipinski definition) is 5. The van der Waals surface area contributed by atoms with E-state index in [1.165, 1.54) is 6.07 Å². The number of nitrogens with zero attached hydrogens (tertiary/aromatic N) is 2. The fourth-order valence-corrected chi connectivity index (χ4v) is 4.88. The predicted octanol–water partition coefficient (Wildman–Crippen LogP) is 1.95.